The molecule has 0 aromatic heterocycles. The molecule has 0 bridgehead atoms. The lowest BCUT2D eigenvalue weighted by Gasteiger charge is -2.15. The molecule has 0 aliphatic carbocycles. The normalized spacial score (nSPS) is 14.4. The van der Waals surface area contributed by atoms with Crippen molar-refractivity contribution in [2.24, 2.45) is 0 Å². The topological polar surface area (TPSA) is 38.7 Å². The van der Waals surface area contributed by atoms with Crippen LogP contribution < -0.4 is 9.47 Å². The Labute approximate surface area is 112 Å². The summed E-state index contributed by atoms with van der Waals surface area (Å²) in [6.45, 7) is 4.38. The van der Waals surface area contributed by atoms with Crippen LogP contribution in [0.15, 0.2) is 36.4 Å². The average molecular weight is 256 g/mol. The van der Waals surface area contributed by atoms with Crippen molar-refractivity contribution in [3.63, 3.8) is 0 Å². The van der Waals surface area contributed by atoms with E-state index in [4.69, 9.17) is 9.47 Å². The van der Waals surface area contributed by atoms with Crippen LogP contribution in [0.3, 0.4) is 0 Å². The van der Waals surface area contributed by atoms with Crippen molar-refractivity contribution in [3.05, 3.63) is 53.1 Å². The summed E-state index contributed by atoms with van der Waals surface area (Å²) in [5.41, 5.74) is 3.17. The van der Waals surface area contributed by atoms with E-state index < -0.39 is 0 Å². The Morgan fingerprint density at radius 1 is 1.05 bits per heavy atom. The van der Waals surface area contributed by atoms with E-state index in [1.165, 1.54) is 0 Å². The smallest absolute Gasteiger partial charge is 0.231 e. The molecular weight excluding hydrogens is 240 g/mol. The monoisotopic (exact) mass is 256 g/mol. The Bertz CT molecular complexity index is 619. The predicted molar refractivity (Wildman–Crippen MR) is 72.9 cm³/mol. The van der Waals surface area contributed by atoms with Crippen molar-refractivity contribution in [2.75, 3.05) is 6.79 Å². The van der Waals surface area contributed by atoms with Gasteiger partial charge in [-0.3, -0.25) is 0 Å². The molecule has 0 spiro atoms. The minimum Gasteiger partial charge on any atom is -0.508 e. The highest BCUT2D eigenvalue weighted by molar-refractivity contribution is 5.49. The van der Waals surface area contributed by atoms with Crippen LogP contribution in [0, 0.1) is 6.92 Å². The van der Waals surface area contributed by atoms with Crippen molar-refractivity contribution in [2.45, 2.75) is 19.8 Å². The molecule has 0 saturated heterocycles. The van der Waals surface area contributed by atoms with E-state index in [9.17, 15) is 5.11 Å². The maximum Gasteiger partial charge on any atom is 0.231 e. The lowest BCUT2D eigenvalue weighted by atomic mass is 9.91. The zero-order chi connectivity index (χ0) is 13.4. The van der Waals surface area contributed by atoms with Gasteiger partial charge in [-0.25, -0.2) is 0 Å². The van der Waals surface area contributed by atoms with Gasteiger partial charge in [-0.15, -0.1) is 0 Å². The van der Waals surface area contributed by atoms with E-state index in [1.807, 2.05) is 37.3 Å². The third-order valence-electron chi connectivity index (χ3n) is 3.55. The summed E-state index contributed by atoms with van der Waals surface area (Å²) in [4.78, 5) is 0. The van der Waals surface area contributed by atoms with Crippen molar-refractivity contribution in [1.82, 2.24) is 0 Å². The second kappa shape index (κ2) is 4.50. The Kier molecular flexibility index (Phi) is 2.82. The first kappa shape index (κ1) is 11.9. The van der Waals surface area contributed by atoms with Gasteiger partial charge in [0.15, 0.2) is 11.5 Å². The molecule has 1 unspecified atom stereocenters. The Hall–Kier alpha value is -2.16. The fourth-order valence-electron chi connectivity index (χ4n) is 2.38. The second-order valence-corrected chi connectivity index (χ2v) is 4.90. The van der Waals surface area contributed by atoms with Crippen molar-refractivity contribution in [3.8, 4) is 17.2 Å². The number of phenolic OH excluding ortho intramolecular Hbond substituents is 1. The molecule has 1 aliphatic heterocycles. The minimum absolute atomic E-state index is 0.106. The van der Waals surface area contributed by atoms with Crippen LogP contribution in [0.25, 0.3) is 0 Å². The van der Waals surface area contributed by atoms with Crippen LogP contribution in [0.2, 0.25) is 0 Å². The van der Waals surface area contributed by atoms with E-state index >= 15 is 0 Å². The molecule has 19 heavy (non-hydrogen) atoms. The summed E-state index contributed by atoms with van der Waals surface area (Å²) < 4.78 is 10.7. The quantitative estimate of drug-likeness (QED) is 0.892. The van der Waals surface area contributed by atoms with Crippen LogP contribution in [-0.4, -0.2) is 11.9 Å². The highest BCUT2D eigenvalue weighted by atomic mass is 16.7. The number of ether oxygens (including phenoxy) is 2. The molecule has 3 heteroatoms. The van der Waals surface area contributed by atoms with Crippen molar-refractivity contribution in [1.29, 1.82) is 0 Å². The van der Waals surface area contributed by atoms with Crippen LogP contribution in [0.4, 0.5) is 0 Å². The summed E-state index contributed by atoms with van der Waals surface area (Å²) in [5.74, 6) is 1.99. The molecule has 3 rings (SSSR count). The number of hydrogen-bond donors (Lipinski definition) is 1. The maximum absolute atomic E-state index is 10.0. The molecular formula is C16H16O3. The molecule has 1 N–H and O–H groups in total. The molecule has 1 atom stereocenters. The SMILES string of the molecule is Cc1ccc(O)c(C(C)c2ccc3c(c2)OCO3)c1. The highest BCUT2D eigenvalue weighted by Gasteiger charge is 2.18. The fraction of sp³-hybridized carbons (Fsp3) is 0.250. The lowest BCUT2D eigenvalue weighted by molar-refractivity contribution is 0.174. The fourth-order valence-corrected chi connectivity index (χ4v) is 2.38. The maximum atomic E-state index is 10.0. The lowest BCUT2D eigenvalue weighted by Crippen LogP contribution is -1.97. The van der Waals surface area contributed by atoms with Crippen molar-refractivity contribution >= 4 is 0 Å². The summed E-state index contributed by atoms with van der Waals surface area (Å²) in [5, 5.41) is 10.0. The van der Waals surface area contributed by atoms with Crippen LogP contribution in [0.1, 0.15) is 29.5 Å². The predicted octanol–water partition coefficient (Wildman–Crippen LogP) is 3.58. The first-order chi connectivity index (χ1) is 9.15. The Morgan fingerprint density at radius 3 is 2.68 bits per heavy atom. The first-order valence-electron chi connectivity index (χ1n) is 6.34. The van der Waals surface area contributed by atoms with E-state index in [0.29, 0.717) is 5.75 Å². The van der Waals surface area contributed by atoms with Gasteiger partial charge in [0.2, 0.25) is 6.79 Å². The number of phenols is 1. The molecule has 0 saturated carbocycles. The molecule has 1 aliphatic rings. The summed E-state index contributed by atoms with van der Waals surface area (Å²) >= 11 is 0. The zero-order valence-electron chi connectivity index (χ0n) is 11.0. The van der Waals surface area contributed by atoms with Crippen molar-refractivity contribution < 1.29 is 14.6 Å². The van der Waals surface area contributed by atoms with Gasteiger partial charge in [0.25, 0.3) is 0 Å². The van der Waals surface area contributed by atoms with Gasteiger partial charge in [-0.2, -0.15) is 0 Å². The van der Waals surface area contributed by atoms with Gasteiger partial charge in [0.1, 0.15) is 5.75 Å². The minimum atomic E-state index is 0.106. The number of aromatic hydroxyl groups is 1. The van der Waals surface area contributed by atoms with E-state index in [2.05, 4.69) is 6.92 Å². The number of rotatable bonds is 2. The van der Waals surface area contributed by atoms with Gasteiger partial charge < -0.3 is 14.6 Å². The molecule has 2 aromatic carbocycles. The summed E-state index contributed by atoms with van der Waals surface area (Å²) in [7, 11) is 0. The average Bonchev–Trinajstić information content (AvgIpc) is 2.88. The number of hydrogen-bond acceptors (Lipinski definition) is 3. The van der Waals surface area contributed by atoms with Crippen LogP contribution in [0.5, 0.6) is 17.2 Å². The molecule has 1 heterocycles. The van der Waals surface area contributed by atoms with E-state index in [0.717, 1.165) is 28.2 Å². The Balaban J connectivity index is 1.99. The van der Waals surface area contributed by atoms with Gasteiger partial charge >= 0.3 is 0 Å². The van der Waals surface area contributed by atoms with Gasteiger partial charge in [-0.05, 0) is 30.7 Å². The third-order valence-corrected chi connectivity index (χ3v) is 3.55. The highest BCUT2D eigenvalue weighted by Crippen LogP contribution is 2.38. The second-order valence-electron chi connectivity index (χ2n) is 4.90. The molecule has 0 fully saturated rings. The van der Waals surface area contributed by atoms with Crippen LogP contribution >= 0.6 is 0 Å². The Morgan fingerprint density at radius 2 is 1.84 bits per heavy atom. The third kappa shape index (κ3) is 2.12. The van der Waals surface area contributed by atoms with E-state index in [1.54, 1.807) is 6.07 Å². The molecule has 0 radical (unpaired) electrons. The van der Waals surface area contributed by atoms with Gasteiger partial charge in [0.05, 0.1) is 0 Å². The number of fused-ring (bicyclic) bond motifs is 1. The number of benzene rings is 2. The standard InChI is InChI=1S/C16H16O3/c1-10-3-5-14(17)13(7-10)11(2)12-4-6-15-16(8-12)19-9-18-15/h3-8,11,17H,9H2,1-2H3. The molecule has 3 nitrogen and oxygen atoms in total. The van der Waals surface area contributed by atoms with E-state index in [-0.39, 0.29) is 12.7 Å². The number of aryl methyl sites for hydroxylation is 1. The van der Waals surface area contributed by atoms with Gasteiger partial charge in [0, 0.05) is 11.5 Å². The van der Waals surface area contributed by atoms with Gasteiger partial charge in [-0.1, -0.05) is 30.7 Å². The largest absolute Gasteiger partial charge is 0.508 e. The first-order valence-corrected chi connectivity index (χ1v) is 6.34. The van der Waals surface area contributed by atoms with Crippen LogP contribution in [-0.2, 0) is 0 Å². The molecule has 2 aromatic rings. The molecule has 0 amide bonds. The summed E-state index contributed by atoms with van der Waals surface area (Å²) in [6.07, 6.45) is 0. The molecule has 98 valence electrons. The summed E-state index contributed by atoms with van der Waals surface area (Å²) in [6, 6.07) is 11.6. The zero-order valence-corrected chi connectivity index (χ0v) is 11.0.